The first kappa shape index (κ1) is 14.9. The van der Waals surface area contributed by atoms with Crippen molar-refractivity contribution in [1.82, 2.24) is 15.6 Å². The lowest BCUT2D eigenvalue weighted by atomic mass is 10.1. The fourth-order valence-corrected chi connectivity index (χ4v) is 1.55. The number of nitrogens with zero attached hydrogens (tertiary/aromatic N) is 1. The van der Waals surface area contributed by atoms with E-state index in [4.69, 9.17) is 4.74 Å². The van der Waals surface area contributed by atoms with Crippen LogP contribution in [0.3, 0.4) is 0 Å². The molecule has 1 atom stereocenters. The summed E-state index contributed by atoms with van der Waals surface area (Å²) in [6.45, 7) is 10.4. The zero-order chi connectivity index (χ0) is 13.6. The summed E-state index contributed by atoms with van der Waals surface area (Å²) in [6, 6.07) is 2.39. The lowest BCUT2D eigenvalue weighted by molar-refractivity contribution is 0.381. The van der Waals surface area contributed by atoms with Crippen molar-refractivity contribution < 1.29 is 4.74 Å². The summed E-state index contributed by atoms with van der Waals surface area (Å²) in [5.74, 6) is 0.834. The average Bonchev–Trinajstić information content (AvgIpc) is 2.33. The SMILES string of the molecule is COc1cnccc1CNC(C)CNC(C)(C)C. The number of ether oxygens (including phenoxy) is 1. The Kier molecular flexibility index (Phi) is 5.56. The summed E-state index contributed by atoms with van der Waals surface area (Å²) in [5.41, 5.74) is 1.29. The van der Waals surface area contributed by atoms with Gasteiger partial charge in [0.25, 0.3) is 0 Å². The highest BCUT2D eigenvalue weighted by molar-refractivity contribution is 5.29. The highest BCUT2D eigenvalue weighted by atomic mass is 16.5. The van der Waals surface area contributed by atoms with Gasteiger partial charge in [-0.1, -0.05) is 0 Å². The lowest BCUT2D eigenvalue weighted by Crippen LogP contribution is -2.44. The van der Waals surface area contributed by atoms with Crippen molar-refractivity contribution in [3.8, 4) is 5.75 Å². The molecule has 1 aromatic heterocycles. The third-order valence-corrected chi connectivity index (χ3v) is 2.67. The highest BCUT2D eigenvalue weighted by Gasteiger charge is 2.11. The van der Waals surface area contributed by atoms with Gasteiger partial charge in [-0.15, -0.1) is 0 Å². The van der Waals surface area contributed by atoms with Crippen LogP contribution in [0.2, 0.25) is 0 Å². The van der Waals surface area contributed by atoms with Crippen molar-refractivity contribution in [3.05, 3.63) is 24.0 Å². The van der Waals surface area contributed by atoms with Crippen molar-refractivity contribution in [2.24, 2.45) is 0 Å². The van der Waals surface area contributed by atoms with Crippen molar-refractivity contribution >= 4 is 0 Å². The zero-order valence-corrected chi connectivity index (χ0v) is 12.1. The van der Waals surface area contributed by atoms with E-state index in [1.165, 1.54) is 0 Å². The van der Waals surface area contributed by atoms with Crippen LogP contribution in [0.1, 0.15) is 33.3 Å². The Morgan fingerprint density at radius 2 is 2.11 bits per heavy atom. The van der Waals surface area contributed by atoms with Gasteiger partial charge in [-0.25, -0.2) is 0 Å². The van der Waals surface area contributed by atoms with Crippen molar-refractivity contribution in [2.45, 2.75) is 45.8 Å². The van der Waals surface area contributed by atoms with Gasteiger partial charge in [0, 0.05) is 36.4 Å². The predicted octanol–water partition coefficient (Wildman–Crippen LogP) is 1.96. The molecule has 0 saturated heterocycles. The van der Waals surface area contributed by atoms with Gasteiger partial charge < -0.3 is 15.4 Å². The molecule has 0 bridgehead atoms. The molecule has 0 amide bonds. The molecule has 18 heavy (non-hydrogen) atoms. The molecule has 0 aliphatic rings. The van der Waals surface area contributed by atoms with Crippen LogP contribution in [-0.4, -0.2) is 30.2 Å². The molecule has 0 aromatic carbocycles. The maximum Gasteiger partial charge on any atom is 0.141 e. The highest BCUT2D eigenvalue weighted by Crippen LogP contribution is 2.15. The van der Waals surface area contributed by atoms with E-state index >= 15 is 0 Å². The zero-order valence-electron chi connectivity index (χ0n) is 12.1. The van der Waals surface area contributed by atoms with Crippen LogP contribution in [0.25, 0.3) is 0 Å². The standard InChI is InChI=1S/C14H25N3O/c1-11(8-17-14(2,3)4)16-9-12-6-7-15-10-13(12)18-5/h6-7,10-11,16-17H,8-9H2,1-5H3. The molecule has 4 heteroatoms. The topological polar surface area (TPSA) is 46.2 Å². The summed E-state index contributed by atoms with van der Waals surface area (Å²) in [5, 5.41) is 6.96. The van der Waals surface area contributed by atoms with Crippen molar-refractivity contribution in [1.29, 1.82) is 0 Å². The summed E-state index contributed by atoms with van der Waals surface area (Å²) in [4.78, 5) is 4.05. The number of methoxy groups -OCH3 is 1. The van der Waals surface area contributed by atoms with Crippen LogP contribution in [-0.2, 0) is 6.54 Å². The van der Waals surface area contributed by atoms with Crippen LogP contribution in [0.5, 0.6) is 5.75 Å². The first-order valence-corrected chi connectivity index (χ1v) is 6.37. The number of aromatic nitrogens is 1. The Bertz CT molecular complexity index is 360. The second kappa shape index (κ2) is 6.71. The molecule has 2 N–H and O–H groups in total. The Morgan fingerprint density at radius 3 is 2.72 bits per heavy atom. The molecule has 4 nitrogen and oxygen atoms in total. The molecule has 1 aromatic rings. The normalized spacial score (nSPS) is 13.4. The fraction of sp³-hybridized carbons (Fsp3) is 0.643. The number of pyridine rings is 1. The molecule has 0 spiro atoms. The van der Waals surface area contributed by atoms with Gasteiger partial charge in [0.2, 0.25) is 0 Å². The average molecular weight is 251 g/mol. The van der Waals surface area contributed by atoms with E-state index < -0.39 is 0 Å². The molecule has 102 valence electrons. The summed E-state index contributed by atoms with van der Waals surface area (Å²) >= 11 is 0. The van der Waals surface area contributed by atoms with E-state index in [-0.39, 0.29) is 5.54 Å². The first-order valence-electron chi connectivity index (χ1n) is 6.37. The monoisotopic (exact) mass is 251 g/mol. The van der Waals surface area contributed by atoms with E-state index in [0.717, 1.165) is 24.4 Å². The number of nitrogens with one attached hydrogen (secondary N) is 2. The van der Waals surface area contributed by atoms with Crippen molar-refractivity contribution in [2.75, 3.05) is 13.7 Å². The third-order valence-electron chi connectivity index (χ3n) is 2.67. The smallest absolute Gasteiger partial charge is 0.141 e. The van der Waals surface area contributed by atoms with Crippen LogP contribution < -0.4 is 15.4 Å². The summed E-state index contributed by atoms with van der Waals surface area (Å²) in [6.07, 6.45) is 3.53. The molecular weight excluding hydrogens is 226 g/mol. The van der Waals surface area contributed by atoms with Crippen LogP contribution in [0, 0.1) is 0 Å². The molecular formula is C14H25N3O. The lowest BCUT2D eigenvalue weighted by Gasteiger charge is -2.24. The second-order valence-electron chi connectivity index (χ2n) is 5.60. The predicted molar refractivity (Wildman–Crippen MR) is 74.8 cm³/mol. The molecule has 0 fully saturated rings. The Balaban J connectivity index is 2.40. The minimum absolute atomic E-state index is 0.157. The molecule has 0 aliphatic heterocycles. The molecule has 0 saturated carbocycles. The summed E-state index contributed by atoms with van der Waals surface area (Å²) in [7, 11) is 1.67. The first-order chi connectivity index (χ1) is 8.42. The van der Waals surface area contributed by atoms with E-state index in [1.807, 2.05) is 6.07 Å². The minimum Gasteiger partial charge on any atom is -0.495 e. The summed E-state index contributed by atoms with van der Waals surface area (Å²) < 4.78 is 5.27. The van der Waals surface area contributed by atoms with Gasteiger partial charge in [-0.05, 0) is 33.8 Å². The Hall–Kier alpha value is -1.13. The van der Waals surface area contributed by atoms with Gasteiger partial charge in [0.1, 0.15) is 5.75 Å². The Morgan fingerprint density at radius 1 is 1.39 bits per heavy atom. The van der Waals surface area contributed by atoms with E-state index in [1.54, 1.807) is 19.5 Å². The maximum atomic E-state index is 5.27. The fourth-order valence-electron chi connectivity index (χ4n) is 1.55. The van der Waals surface area contributed by atoms with E-state index in [9.17, 15) is 0 Å². The van der Waals surface area contributed by atoms with Gasteiger partial charge in [0.15, 0.2) is 0 Å². The van der Waals surface area contributed by atoms with E-state index in [0.29, 0.717) is 6.04 Å². The molecule has 1 rings (SSSR count). The quantitative estimate of drug-likeness (QED) is 0.811. The van der Waals surface area contributed by atoms with Crippen LogP contribution >= 0.6 is 0 Å². The Labute approximate surface area is 110 Å². The number of hydrogen-bond acceptors (Lipinski definition) is 4. The van der Waals surface area contributed by atoms with Gasteiger partial charge >= 0.3 is 0 Å². The number of hydrogen-bond donors (Lipinski definition) is 2. The van der Waals surface area contributed by atoms with Gasteiger partial charge in [-0.3, -0.25) is 4.98 Å². The molecule has 0 radical (unpaired) electrons. The van der Waals surface area contributed by atoms with Gasteiger partial charge in [0.05, 0.1) is 13.3 Å². The largest absolute Gasteiger partial charge is 0.495 e. The van der Waals surface area contributed by atoms with Gasteiger partial charge in [-0.2, -0.15) is 0 Å². The molecule has 0 aliphatic carbocycles. The second-order valence-corrected chi connectivity index (χ2v) is 5.60. The third kappa shape index (κ3) is 5.47. The number of rotatable bonds is 6. The maximum absolute atomic E-state index is 5.27. The van der Waals surface area contributed by atoms with Crippen LogP contribution in [0.4, 0.5) is 0 Å². The molecule has 1 heterocycles. The van der Waals surface area contributed by atoms with Crippen LogP contribution in [0.15, 0.2) is 18.5 Å². The molecule has 1 unspecified atom stereocenters. The van der Waals surface area contributed by atoms with E-state index in [2.05, 4.69) is 43.3 Å². The van der Waals surface area contributed by atoms with Crippen molar-refractivity contribution in [3.63, 3.8) is 0 Å². The minimum atomic E-state index is 0.157.